The number of hydrogen-bond donors (Lipinski definition) is 1. The van der Waals surface area contributed by atoms with Gasteiger partial charge in [0.2, 0.25) is 0 Å². The Kier molecular flexibility index (Phi) is 7.61. The van der Waals surface area contributed by atoms with Crippen molar-refractivity contribution in [1.82, 2.24) is 0 Å². The third kappa shape index (κ3) is 5.66. The monoisotopic (exact) mass is 299 g/mol. The summed E-state index contributed by atoms with van der Waals surface area (Å²) in [6, 6.07) is 5.36. The second-order valence-corrected chi connectivity index (χ2v) is 5.19. The predicted molar refractivity (Wildman–Crippen MR) is 83.5 cm³/mol. The highest BCUT2D eigenvalue weighted by Crippen LogP contribution is 2.25. The summed E-state index contributed by atoms with van der Waals surface area (Å²) in [5, 5.41) is 13.5. The number of rotatable bonds is 7. The summed E-state index contributed by atoms with van der Waals surface area (Å²) in [5.74, 6) is 0. The first-order chi connectivity index (χ1) is 9.19. The highest BCUT2D eigenvalue weighted by atomic mass is 35.5. The van der Waals surface area contributed by atoms with Crippen LogP contribution in [0.5, 0.6) is 0 Å². The maximum absolute atomic E-state index is 8.97. The Morgan fingerprint density at radius 2 is 1.89 bits per heavy atom. The molecular weight excluding hydrogens is 281 g/mol. The Hall–Kier alpha value is -0.990. The van der Waals surface area contributed by atoms with Gasteiger partial charge in [-0.15, -0.1) is 0 Å². The molecule has 0 saturated heterocycles. The lowest BCUT2D eigenvalue weighted by Crippen LogP contribution is -1.94. The lowest BCUT2D eigenvalue weighted by Gasteiger charge is -2.02. The fraction of sp³-hybridized carbons (Fsp3) is 0.400. The molecule has 0 fully saturated rings. The topological polar surface area (TPSA) is 32.6 Å². The molecule has 0 heterocycles. The van der Waals surface area contributed by atoms with Gasteiger partial charge in [-0.2, -0.15) is 0 Å². The third-order valence-electron chi connectivity index (χ3n) is 2.86. The highest BCUT2D eigenvalue weighted by molar-refractivity contribution is 6.37. The van der Waals surface area contributed by atoms with E-state index in [0.717, 1.165) is 24.8 Å². The van der Waals surface area contributed by atoms with Gasteiger partial charge in [-0.25, -0.2) is 0 Å². The van der Waals surface area contributed by atoms with Crippen molar-refractivity contribution in [2.75, 3.05) is 0 Å². The van der Waals surface area contributed by atoms with Crippen molar-refractivity contribution < 1.29 is 5.21 Å². The first-order valence-corrected chi connectivity index (χ1v) is 7.27. The Labute approximate surface area is 124 Å². The average Bonchev–Trinajstić information content (AvgIpc) is 2.40. The molecule has 0 unspecified atom stereocenters. The zero-order chi connectivity index (χ0) is 14.1. The minimum absolute atomic E-state index is 0.590. The lowest BCUT2D eigenvalue weighted by molar-refractivity contribution is 0.318. The number of unbranched alkanes of at least 4 members (excludes halogenated alkanes) is 3. The van der Waals surface area contributed by atoms with E-state index in [1.807, 2.05) is 0 Å². The molecule has 0 aliphatic carbocycles. The number of benzene rings is 1. The van der Waals surface area contributed by atoms with Crippen molar-refractivity contribution in [3.05, 3.63) is 39.9 Å². The van der Waals surface area contributed by atoms with Crippen LogP contribution in [0.4, 0.5) is 0 Å². The van der Waals surface area contributed by atoms with Gasteiger partial charge in [0, 0.05) is 15.6 Å². The Bertz CT molecular complexity index is 435. The fourth-order valence-corrected chi connectivity index (χ4v) is 2.27. The molecule has 0 saturated carbocycles. The standard InChI is InChI=1S/C15H19Cl2NO/c1-2-3-4-5-7-12(18-19)10-11-13-14(16)8-6-9-15(13)17/h6,8-11,19H,2-5,7H2,1H3/b11-10-,18-12-. The van der Waals surface area contributed by atoms with E-state index >= 15 is 0 Å². The van der Waals surface area contributed by atoms with E-state index in [4.69, 9.17) is 28.4 Å². The second kappa shape index (κ2) is 9.00. The first-order valence-electron chi connectivity index (χ1n) is 6.52. The normalized spacial score (nSPS) is 12.3. The molecule has 104 valence electrons. The van der Waals surface area contributed by atoms with E-state index in [0.29, 0.717) is 15.8 Å². The zero-order valence-corrected chi connectivity index (χ0v) is 12.6. The van der Waals surface area contributed by atoms with E-state index in [1.54, 1.807) is 30.4 Å². The van der Waals surface area contributed by atoms with Gasteiger partial charge in [-0.05, 0) is 31.1 Å². The van der Waals surface area contributed by atoms with Crippen molar-refractivity contribution in [2.45, 2.75) is 39.0 Å². The van der Waals surface area contributed by atoms with Crippen molar-refractivity contribution in [3.8, 4) is 0 Å². The van der Waals surface area contributed by atoms with Crippen LogP contribution in [0.25, 0.3) is 6.08 Å². The smallest absolute Gasteiger partial charge is 0.0795 e. The molecule has 1 aromatic rings. The molecule has 0 radical (unpaired) electrons. The molecule has 0 aliphatic heterocycles. The number of nitrogens with zero attached hydrogens (tertiary/aromatic N) is 1. The molecule has 0 atom stereocenters. The van der Waals surface area contributed by atoms with E-state index in [1.165, 1.54) is 12.8 Å². The first kappa shape index (κ1) is 16.1. The largest absolute Gasteiger partial charge is 0.411 e. The second-order valence-electron chi connectivity index (χ2n) is 4.37. The van der Waals surface area contributed by atoms with Crippen molar-refractivity contribution in [1.29, 1.82) is 0 Å². The number of halogens is 2. The van der Waals surface area contributed by atoms with Gasteiger partial charge in [0.15, 0.2) is 0 Å². The molecule has 0 aliphatic rings. The van der Waals surface area contributed by atoms with Crippen LogP contribution in [0.1, 0.15) is 44.6 Å². The summed E-state index contributed by atoms with van der Waals surface area (Å²) in [5.41, 5.74) is 1.40. The Morgan fingerprint density at radius 3 is 2.47 bits per heavy atom. The van der Waals surface area contributed by atoms with E-state index in [2.05, 4.69) is 12.1 Å². The molecule has 0 spiro atoms. The van der Waals surface area contributed by atoms with Crippen molar-refractivity contribution in [2.24, 2.45) is 5.16 Å². The van der Waals surface area contributed by atoms with Crippen molar-refractivity contribution in [3.63, 3.8) is 0 Å². The molecule has 19 heavy (non-hydrogen) atoms. The van der Waals surface area contributed by atoms with Crippen LogP contribution in [0.2, 0.25) is 10.0 Å². The van der Waals surface area contributed by atoms with Gasteiger partial charge in [0.25, 0.3) is 0 Å². The van der Waals surface area contributed by atoms with Crippen LogP contribution in [0, 0.1) is 0 Å². The minimum Gasteiger partial charge on any atom is -0.411 e. The van der Waals surface area contributed by atoms with Crippen LogP contribution < -0.4 is 0 Å². The van der Waals surface area contributed by atoms with Crippen LogP contribution in [-0.4, -0.2) is 10.9 Å². The number of hydrogen-bond acceptors (Lipinski definition) is 2. The van der Waals surface area contributed by atoms with Crippen LogP contribution in [-0.2, 0) is 0 Å². The van der Waals surface area contributed by atoms with Crippen LogP contribution >= 0.6 is 23.2 Å². The summed E-state index contributed by atoms with van der Waals surface area (Å²) < 4.78 is 0. The number of allylic oxidation sites excluding steroid dienone is 1. The van der Waals surface area contributed by atoms with E-state index in [9.17, 15) is 0 Å². The van der Waals surface area contributed by atoms with Gasteiger partial charge in [0.05, 0.1) is 5.71 Å². The van der Waals surface area contributed by atoms with Gasteiger partial charge >= 0.3 is 0 Å². The summed E-state index contributed by atoms with van der Waals surface area (Å²) in [6.45, 7) is 2.17. The number of oxime groups is 1. The maximum Gasteiger partial charge on any atom is 0.0795 e. The molecule has 4 heteroatoms. The molecular formula is C15H19Cl2NO. The quantitative estimate of drug-likeness (QED) is 0.293. The molecule has 1 rings (SSSR count). The summed E-state index contributed by atoms with van der Waals surface area (Å²) in [7, 11) is 0. The molecule has 0 aromatic heterocycles. The van der Waals surface area contributed by atoms with Crippen LogP contribution in [0.3, 0.4) is 0 Å². The average molecular weight is 300 g/mol. The van der Waals surface area contributed by atoms with Gasteiger partial charge in [0.1, 0.15) is 0 Å². The zero-order valence-electron chi connectivity index (χ0n) is 11.1. The molecule has 0 bridgehead atoms. The Balaban J connectivity index is 2.63. The minimum atomic E-state index is 0.590. The fourth-order valence-electron chi connectivity index (χ4n) is 1.75. The van der Waals surface area contributed by atoms with Crippen molar-refractivity contribution >= 4 is 35.0 Å². The Morgan fingerprint density at radius 1 is 1.21 bits per heavy atom. The van der Waals surface area contributed by atoms with E-state index in [-0.39, 0.29) is 0 Å². The summed E-state index contributed by atoms with van der Waals surface area (Å²) in [4.78, 5) is 0. The SMILES string of the molecule is CCCCCCC(/C=C\c1c(Cl)cccc1Cl)=N/O. The van der Waals surface area contributed by atoms with Gasteiger partial charge in [-0.3, -0.25) is 0 Å². The van der Waals surface area contributed by atoms with Gasteiger partial charge in [-0.1, -0.05) is 66.7 Å². The summed E-state index contributed by atoms with van der Waals surface area (Å²) >= 11 is 12.1. The lowest BCUT2D eigenvalue weighted by atomic mass is 10.1. The molecule has 1 N–H and O–H groups in total. The molecule has 0 amide bonds. The van der Waals surface area contributed by atoms with Crippen LogP contribution in [0.15, 0.2) is 29.4 Å². The van der Waals surface area contributed by atoms with Gasteiger partial charge < -0.3 is 5.21 Å². The molecule has 1 aromatic carbocycles. The summed E-state index contributed by atoms with van der Waals surface area (Å²) in [6.07, 6.45) is 8.88. The maximum atomic E-state index is 8.97. The highest BCUT2D eigenvalue weighted by Gasteiger charge is 2.02. The third-order valence-corrected chi connectivity index (χ3v) is 3.52. The molecule has 2 nitrogen and oxygen atoms in total. The van der Waals surface area contributed by atoms with E-state index < -0.39 is 0 Å². The predicted octanol–water partition coefficient (Wildman–Crippen LogP) is 5.81.